The van der Waals surface area contributed by atoms with Gasteiger partial charge in [-0.1, -0.05) is 75.8 Å². The molecule has 0 saturated heterocycles. The maximum atomic E-state index is 3.99. The lowest BCUT2D eigenvalue weighted by molar-refractivity contribution is 0.314. The van der Waals surface area contributed by atoms with Crippen LogP contribution in [0, 0.1) is 0 Å². The van der Waals surface area contributed by atoms with Crippen molar-refractivity contribution in [3.05, 3.63) is 35.9 Å². The average molecular weight is 287 g/mol. The normalized spacial score (nSPS) is 17.8. The SMILES string of the molecule is CCCCC[C@@H](CCc1ccccc1)NC1CCCCC1. The van der Waals surface area contributed by atoms with Gasteiger partial charge in [-0.3, -0.25) is 0 Å². The second-order valence-corrected chi connectivity index (χ2v) is 6.72. The van der Waals surface area contributed by atoms with Gasteiger partial charge in [-0.05, 0) is 37.7 Å². The van der Waals surface area contributed by atoms with Crippen LogP contribution in [0.3, 0.4) is 0 Å². The summed E-state index contributed by atoms with van der Waals surface area (Å²) in [6, 6.07) is 12.5. The molecule has 0 radical (unpaired) electrons. The Morgan fingerprint density at radius 3 is 2.48 bits per heavy atom. The lowest BCUT2D eigenvalue weighted by Gasteiger charge is -2.29. The quantitative estimate of drug-likeness (QED) is 0.592. The largest absolute Gasteiger partial charge is 0.311 e. The van der Waals surface area contributed by atoms with Crippen LogP contribution in [0.5, 0.6) is 0 Å². The van der Waals surface area contributed by atoms with Crippen molar-refractivity contribution in [2.75, 3.05) is 0 Å². The number of aryl methyl sites for hydroxylation is 1. The lowest BCUT2D eigenvalue weighted by atomic mass is 9.93. The zero-order valence-electron chi connectivity index (χ0n) is 13.8. The first-order valence-corrected chi connectivity index (χ1v) is 9.18. The maximum Gasteiger partial charge on any atom is 0.00728 e. The summed E-state index contributed by atoms with van der Waals surface area (Å²) in [5, 5.41) is 3.99. The second kappa shape index (κ2) is 10.00. The van der Waals surface area contributed by atoms with E-state index in [1.165, 1.54) is 76.2 Å². The molecule has 1 fully saturated rings. The molecule has 1 aromatic carbocycles. The van der Waals surface area contributed by atoms with Crippen LogP contribution in [0.2, 0.25) is 0 Å². The number of rotatable bonds is 9. The van der Waals surface area contributed by atoms with Gasteiger partial charge in [0.15, 0.2) is 0 Å². The van der Waals surface area contributed by atoms with Crippen LogP contribution in [-0.4, -0.2) is 12.1 Å². The third-order valence-corrected chi connectivity index (χ3v) is 4.86. The summed E-state index contributed by atoms with van der Waals surface area (Å²) >= 11 is 0. The van der Waals surface area contributed by atoms with Crippen molar-refractivity contribution < 1.29 is 0 Å². The van der Waals surface area contributed by atoms with Gasteiger partial charge >= 0.3 is 0 Å². The smallest absolute Gasteiger partial charge is 0.00728 e. The third kappa shape index (κ3) is 6.65. The predicted molar refractivity (Wildman–Crippen MR) is 92.7 cm³/mol. The fourth-order valence-electron chi connectivity index (χ4n) is 3.54. The highest BCUT2D eigenvalue weighted by molar-refractivity contribution is 5.14. The summed E-state index contributed by atoms with van der Waals surface area (Å²) in [6.45, 7) is 2.30. The van der Waals surface area contributed by atoms with Gasteiger partial charge in [0.2, 0.25) is 0 Å². The number of benzene rings is 1. The van der Waals surface area contributed by atoms with Gasteiger partial charge in [-0.15, -0.1) is 0 Å². The van der Waals surface area contributed by atoms with E-state index in [-0.39, 0.29) is 0 Å². The molecule has 1 N–H and O–H groups in total. The van der Waals surface area contributed by atoms with Gasteiger partial charge in [-0.25, -0.2) is 0 Å². The van der Waals surface area contributed by atoms with E-state index in [0.717, 1.165) is 12.1 Å². The molecule has 0 amide bonds. The zero-order valence-corrected chi connectivity index (χ0v) is 13.8. The number of hydrogen-bond acceptors (Lipinski definition) is 1. The summed E-state index contributed by atoms with van der Waals surface area (Å²) in [7, 11) is 0. The molecule has 118 valence electrons. The minimum absolute atomic E-state index is 0.722. The van der Waals surface area contributed by atoms with Crippen molar-refractivity contribution in [3.8, 4) is 0 Å². The molecule has 1 nitrogen and oxygen atoms in total. The van der Waals surface area contributed by atoms with E-state index >= 15 is 0 Å². The summed E-state index contributed by atoms with van der Waals surface area (Å²) in [5.74, 6) is 0. The van der Waals surface area contributed by atoms with Gasteiger partial charge in [0, 0.05) is 12.1 Å². The molecule has 0 bridgehead atoms. The van der Waals surface area contributed by atoms with Crippen molar-refractivity contribution in [1.82, 2.24) is 5.32 Å². The Labute approximate surface area is 131 Å². The molecule has 0 heterocycles. The second-order valence-electron chi connectivity index (χ2n) is 6.72. The Hall–Kier alpha value is -0.820. The molecule has 0 aliphatic heterocycles. The van der Waals surface area contributed by atoms with Crippen LogP contribution >= 0.6 is 0 Å². The van der Waals surface area contributed by atoms with Crippen molar-refractivity contribution >= 4 is 0 Å². The van der Waals surface area contributed by atoms with Gasteiger partial charge in [-0.2, -0.15) is 0 Å². The summed E-state index contributed by atoms with van der Waals surface area (Å²) in [5.41, 5.74) is 1.49. The summed E-state index contributed by atoms with van der Waals surface area (Å²) in [6.07, 6.45) is 15.1. The highest BCUT2D eigenvalue weighted by Crippen LogP contribution is 2.20. The van der Waals surface area contributed by atoms with E-state index in [9.17, 15) is 0 Å². The molecule has 2 rings (SSSR count). The Kier molecular flexibility index (Phi) is 7.88. The van der Waals surface area contributed by atoms with Crippen LogP contribution in [0.4, 0.5) is 0 Å². The van der Waals surface area contributed by atoms with E-state index in [1.807, 2.05) is 0 Å². The fourth-order valence-corrected chi connectivity index (χ4v) is 3.54. The van der Waals surface area contributed by atoms with Crippen LogP contribution < -0.4 is 5.32 Å². The Morgan fingerprint density at radius 2 is 1.76 bits per heavy atom. The monoisotopic (exact) mass is 287 g/mol. The first-order valence-electron chi connectivity index (χ1n) is 9.18. The standard InChI is InChI=1S/C20H33N/c1-2-3-6-13-20(21-19-14-9-5-10-15-19)17-16-18-11-7-4-8-12-18/h4,7-8,11-12,19-21H,2-3,5-6,9-10,13-17H2,1H3/t20-/m0/s1. The van der Waals surface area contributed by atoms with Crippen LogP contribution in [0.15, 0.2) is 30.3 Å². The molecule has 0 spiro atoms. The van der Waals surface area contributed by atoms with Crippen LogP contribution in [-0.2, 0) is 6.42 Å². The Balaban J connectivity index is 1.79. The van der Waals surface area contributed by atoms with Gasteiger partial charge < -0.3 is 5.32 Å². The van der Waals surface area contributed by atoms with E-state index < -0.39 is 0 Å². The van der Waals surface area contributed by atoms with E-state index in [4.69, 9.17) is 0 Å². The minimum atomic E-state index is 0.722. The number of hydrogen-bond donors (Lipinski definition) is 1. The number of nitrogens with one attached hydrogen (secondary N) is 1. The fraction of sp³-hybridized carbons (Fsp3) is 0.700. The highest BCUT2D eigenvalue weighted by atomic mass is 14.9. The molecule has 0 unspecified atom stereocenters. The van der Waals surface area contributed by atoms with Gasteiger partial charge in [0.05, 0.1) is 0 Å². The molecule has 21 heavy (non-hydrogen) atoms. The molecule has 1 atom stereocenters. The molecule has 1 saturated carbocycles. The molecular formula is C20H33N. The van der Waals surface area contributed by atoms with Crippen molar-refractivity contribution in [2.45, 2.75) is 89.6 Å². The Bertz CT molecular complexity index is 353. The molecule has 1 aliphatic carbocycles. The first kappa shape index (κ1) is 16.5. The lowest BCUT2D eigenvalue weighted by Crippen LogP contribution is -2.39. The summed E-state index contributed by atoms with van der Waals surface area (Å²) in [4.78, 5) is 0. The predicted octanol–water partition coefficient (Wildman–Crippen LogP) is 5.49. The topological polar surface area (TPSA) is 12.0 Å². The van der Waals surface area contributed by atoms with E-state index in [1.54, 1.807) is 0 Å². The highest BCUT2D eigenvalue weighted by Gasteiger charge is 2.17. The van der Waals surface area contributed by atoms with E-state index in [0.29, 0.717) is 0 Å². The molecular weight excluding hydrogens is 254 g/mol. The molecule has 1 aliphatic rings. The molecule has 0 aromatic heterocycles. The van der Waals surface area contributed by atoms with E-state index in [2.05, 4.69) is 42.6 Å². The van der Waals surface area contributed by atoms with Crippen molar-refractivity contribution in [2.24, 2.45) is 0 Å². The van der Waals surface area contributed by atoms with Crippen molar-refractivity contribution in [1.29, 1.82) is 0 Å². The molecule has 1 aromatic rings. The number of unbranched alkanes of at least 4 members (excludes halogenated alkanes) is 2. The summed E-state index contributed by atoms with van der Waals surface area (Å²) < 4.78 is 0. The third-order valence-electron chi connectivity index (χ3n) is 4.86. The van der Waals surface area contributed by atoms with Gasteiger partial charge in [0.1, 0.15) is 0 Å². The minimum Gasteiger partial charge on any atom is -0.311 e. The van der Waals surface area contributed by atoms with Crippen LogP contribution in [0.1, 0.15) is 76.7 Å². The average Bonchev–Trinajstić information content (AvgIpc) is 2.54. The zero-order chi connectivity index (χ0) is 14.8. The van der Waals surface area contributed by atoms with Gasteiger partial charge in [0.25, 0.3) is 0 Å². The van der Waals surface area contributed by atoms with Crippen LogP contribution in [0.25, 0.3) is 0 Å². The molecule has 1 heteroatoms. The van der Waals surface area contributed by atoms with Crippen molar-refractivity contribution in [3.63, 3.8) is 0 Å². The maximum absolute atomic E-state index is 3.99. The Morgan fingerprint density at radius 1 is 1.00 bits per heavy atom. The first-order chi connectivity index (χ1) is 10.4.